The van der Waals surface area contributed by atoms with Gasteiger partial charge >= 0.3 is 0 Å². The molecule has 0 aromatic carbocycles. The van der Waals surface area contributed by atoms with Gasteiger partial charge in [0.2, 0.25) is 0 Å². The first-order valence-corrected chi connectivity index (χ1v) is 9.05. The van der Waals surface area contributed by atoms with Crippen LogP contribution in [0.25, 0.3) is 0 Å². The number of rotatable bonds is 3. The summed E-state index contributed by atoms with van der Waals surface area (Å²) in [5, 5.41) is 2.90. The van der Waals surface area contributed by atoms with E-state index in [0.29, 0.717) is 6.42 Å². The van der Waals surface area contributed by atoms with Crippen molar-refractivity contribution in [2.45, 2.75) is 45.2 Å². The number of hydrogen-bond acceptors (Lipinski definition) is 3. The summed E-state index contributed by atoms with van der Waals surface area (Å²) < 4.78 is 22.7. The Labute approximate surface area is 115 Å². The SMILES string of the molecule is CC1CC[NH+]([C@H](C)C(=O)N[C@@H]2CCS(=O)(=O)C2)CC1. The lowest BCUT2D eigenvalue weighted by atomic mass is 9.98. The van der Waals surface area contributed by atoms with E-state index in [2.05, 4.69) is 12.2 Å². The maximum atomic E-state index is 12.2. The van der Waals surface area contributed by atoms with Gasteiger partial charge in [-0.3, -0.25) is 4.79 Å². The van der Waals surface area contributed by atoms with Crippen LogP contribution in [0.15, 0.2) is 0 Å². The molecule has 2 aliphatic heterocycles. The highest BCUT2D eigenvalue weighted by atomic mass is 32.2. The maximum absolute atomic E-state index is 12.2. The van der Waals surface area contributed by atoms with Crippen LogP contribution in [-0.2, 0) is 14.6 Å². The van der Waals surface area contributed by atoms with Gasteiger partial charge in [0.1, 0.15) is 0 Å². The van der Waals surface area contributed by atoms with Gasteiger partial charge < -0.3 is 10.2 Å². The zero-order chi connectivity index (χ0) is 14.0. The molecular formula is C13H25N2O3S+. The summed E-state index contributed by atoms with van der Waals surface area (Å²) in [5.74, 6) is 1.09. The second-order valence-electron chi connectivity index (χ2n) is 6.17. The topological polar surface area (TPSA) is 67.7 Å². The van der Waals surface area contributed by atoms with Gasteiger partial charge in [-0.1, -0.05) is 6.92 Å². The molecule has 0 aliphatic carbocycles. The number of amides is 1. The fourth-order valence-electron chi connectivity index (χ4n) is 2.99. The molecule has 0 aromatic rings. The number of carbonyl (C=O) groups excluding carboxylic acids is 1. The minimum Gasteiger partial charge on any atom is -0.347 e. The first kappa shape index (κ1) is 14.8. The number of piperidine rings is 1. The van der Waals surface area contributed by atoms with Gasteiger partial charge in [-0.15, -0.1) is 0 Å². The quantitative estimate of drug-likeness (QED) is 0.700. The summed E-state index contributed by atoms with van der Waals surface area (Å²) in [6, 6.07) is -0.251. The van der Waals surface area contributed by atoms with Crippen LogP contribution >= 0.6 is 0 Å². The van der Waals surface area contributed by atoms with Gasteiger partial charge in [0.15, 0.2) is 15.9 Å². The van der Waals surface area contributed by atoms with Crippen molar-refractivity contribution in [1.82, 2.24) is 5.32 Å². The van der Waals surface area contributed by atoms with Crippen molar-refractivity contribution in [1.29, 1.82) is 0 Å². The Morgan fingerprint density at radius 2 is 1.89 bits per heavy atom. The van der Waals surface area contributed by atoms with Crippen molar-refractivity contribution < 1.29 is 18.1 Å². The molecule has 1 amide bonds. The van der Waals surface area contributed by atoms with E-state index in [-0.39, 0.29) is 29.5 Å². The van der Waals surface area contributed by atoms with Crippen molar-refractivity contribution in [3.8, 4) is 0 Å². The van der Waals surface area contributed by atoms with Crippen LogP contribution in [-0.4, -0.2) is 51.0 Å². The van der Waals surface area contributed by atoms with E-state index in [9.17, 15) is 13.2 Å². The zero-order valence-corrected chi connectivity index (χ0v) is 12.6. The minimum absolute atomic E-state index is 0.00616. The smallest absolute Gasteiger partial charge is 0.278 e. The van der Waals surface area contributed by atoms with E-state index in [1.54, 1.807) is 0 Å². The highest BCUT2D eigenvalue weighted by Crippen LogP contribution is 2.11. The highest BCUT2D eigenvalue weighted by Gasteiger charge is 2.33. The lowest BCUT2D eigenvalue weighted by Gasteiger charge is -2.31. The summed E-state index contributed by atoms with van der Waals surface area (Å²) in [6.45, 7) is 6.28. The Bertz CT molecular complexity index is 427. The molecule has 0 bridgehead atoms. The molecule has 2 atom stereocenters. The van der Waals surface area contributed by atoms with Crippen LogP contribution in [0.4, 0.5) is 0 Å². The molecule has 5 nitrogen and oxygen atoms in total. The fraction of sp³-hybridized carbons (Fsp3) is 0.923. The molecule has 19 heavy (non-hydrogen) atoms. The Hall–Kier alpha value is -0.620. The molecule has 2 heterocycles. The Morgan fingerprint density at radius 3 is 2.42 bits per heavy atom. The number of likely N-dealkylation sites (tertiary alicyclic amines) is 1. The molecule has 2 rings (SSSR count). The van der Waals surface area contributed by atoms with Gasteiger partial charge in [0.25, 0.3) is 5.91 Å². The molecule has 2 aliphatic rings. The first-order valence-electron chi connectivity index (χ1n) is 7.23. The molecule has 0 unspecified atom stereocenters. The van der Waals surface area contributed by atoms with Crippen molar-refractivity contribution >= 4 is 15.7 Å². The molecule has 0 saturated carbocycles. The van der Waals surface area contributed by atoms with Crippen molar-refractivity contribution in [2.75, 3.05) is 24.6 Å². The van der Waals surface area contributed by atoms with E-state index >= 15 is 0 Å². The van der Waals surface area contributed by atoms with E-state index in [0.717, 1.165) is 19.0 Å². The molecule has 2 N–H and O–H groups in total. The van der Waals surface area contributed by atoms with Crippen molar-refractivity contribution in [3.63, 3.8) is 0 Å². The van der Waals surface area contributed by atoms with Crippen molar-refractivity contribution in [3.05, 3.63) is 0 Å². The average molecular weight is 289 g/mol. The van der Waals surface area contributed by atoms with Crippen LogP contribution in [0.3, 0.4) is 0 Å². The summed E-state index contributed by atoms with van der Waals surface area (Å²) in [5.41, 5.74) is 0. The monoisotopic (exact) mass is 289 g/mol. The van der Waals surface area contributed by atoms with Crippen LogP contribution in [0.1, 0.15) is 33.1 Å². The fourth-order valence-corrected chi connectivity index (χ4v) is 4.66. The van der Waals surface area contributed by atoms with Gasteiger partial charge in [-0.2, -0.15) is 0 Å². The Balaban J connectivity index is 1.83. The van der Waals surface area contributed by atoms with Crippen molar-refractivity contribution in [2.24, 2.45) is 5.92 Å². The lowest BCUT2D eigenvalue weighted by Crippen LogP contribution is -3.17. The third-order valence-electron chi connectivity index (χ3n) is 4.50. The molecule has 6 heteroatoms. The maximum Gasteiger partial charge on any atom is 0.278 e. The first-order chi connectivity index (χ1) is 8.87. The lowest BCUT2D eigenvalue weighted by molar-refractivity contribution is -0.920. The largest absolute Gasteiger partial charge is 0.347 e. The summed E-state index contributed by atoms with van der Waals surface area (Å²) >= 11 is 0. The molecule has 0 radical (unpaired) electrons. The van der Waals surface area contributed by atoms with Crippen LogP contribution in [0.2, 0.25) is 0 Å². The van der Waals surface area contributed by atoms with E-state index in [1.807, 2.05) is 6.92 Å². The molecular weight excluding hydrogens is 264 g/mol. The molecule has 0 spiro atoms. The van der Waals surface area contributed by atoms with Crippen LogP contribution < -0.4 is 10.2 Å². The van der Waals surface area contributed by atoms with Gasteiger partial charge in [-0.05, 0) is 32.1 Å². The summed E-state index contributed by atoms with van der Waals surface area (Å²) in [4.78, 5) is 13.5. The van der Waals surface area contributed by atoms with Crippen LogP contribution in [0.5, 0.6) is 0 Å². The second kappa shape index (κ2) is 5.79. The molecule has 0 aromatic heterocycles. The Morgan fingerprint density at radius 1 is 1.26 bits per heavy atom. The normalized spacial score (nSPS) is 35.8. The summed E-state index contributed by atoms with van der Waals surface area (Å²) in [6.07, 6.45) is 2.91. The van der Waals surface area contributed by atoms with Gasteiger partial charge in [0.05, 0.1) is 24.6 Å². The number of carbonyl (C=O) groups is 1. The zero-order valence-electron chi connectivity index (χ0n) is 11.8. The third kappa shape index (κ3) is 3.92. The Kier molecular flexibility index (Phi) is 4.50. The molecule has 2 saturated heterocycles. The van der Waals surface area contributed by atoms with E-state index in [1.165, 1.54) is 17.7 Å². The van der Waals surface area contributed by atoms with Crippen LogP contribution in [0, 0.1) is 5.92 Å². The summed E-state index contributed by atoms with van der Waals surface area (Å²) in [7, 11) is -2.92. The van der Waals surface area contributed by atoms with E-state index < -0.39 is 9.84 Å². The predicted octanol–water partition coefficient (Wildman–Crippen LogP) is -1.01. The third-order valence-corrected chi connectivity index (χ3v) is 6.27. The number of quaternary nitrogens is 1. The molecule has 2 fully saturated rings. The average Bonchev–Trinajstić information content (AvgIpc) is 2.68. The van der Waals surface area contributed by atoms with Gasteiger partial charge in [-0.25, -0.2) is 8.42 Å². The highest BCUT2D eigenvalue weighted by molar-refractivity contribution is 7.91. The minimum atomic E-state index is -2.92. The van der Waals surface area contributed by atoms with E-state index in [4.69, 9.17) is 0 Å². The number of sulfone groups is 1. The standard InChI is InChI=1S/C13H24N2O3S/c1-10-3-6-15(7-4-10)11(2)13(16)14-12-5-8-19(17,18)9-12/h10-12H,3-9H2,1-2H3,(H,14,16)/p+1/t11-,12-/m1/s1. The number of nitrogens with one attached hydrogen (secondary N) is 2. The van der Waals surface area contributed by atoms with Gasteiger partial charge in [0, 0.05) is 6.04 Å². The predicted molar refractivity (Wildman–Crippen MR) is 73.8 cm³/mol. The molecule has 110 valence electrons. The number of hydrogen-bond donors (Lipinski definition) is 2. The second-order valence-corrected chi connectivity index (χ2v) is 8.40.